The lowest BCUT2D eigenvalue weighted by atomic mass is 9.93. The number of aromatic nitrogens is 1. The molecule has 1 aromatic rings. The first kappa shape index (κ1) is 11.3. The van der Waals surface area contributed by atoms with Crippen molar-refractivity contribution in [2.45, 2.75) is 18.9 Å². The molecular weight excluding hydrogens is 234 g/mol. The topological polar surface area (TPSA) is 19.4 Å². The minimum Gasteiger partial charge on any atom is -0.353 e. The van der Waals surface area contributed by atoms with Crippen molar-refractivity contribution in [3.8, 4) is 0 Å². The van der Waals surface area contributed by atoms with Crippen LogP contribution in [0.3, 0.4) is 0 Å². The van der Waals surface area contributed by atoms with Crippen molar-refractivity contribution in [3.63, 3.8) is 0 Å². The molecule has 17 heavy (non-hydrogen) atoms. The van der Waals surface area contributed by atoms with Crippen LogP contribution in [0.5, 0.6) is 0 Å². The summed E-state index contributed by atoms with van der Waals surface area (Å²) in [5.74, 6) is 1.90. The minimum atomic E-state index is 0.680. The Morgan fingerprint density at radius 2 is 2.18 bits per heavy atom. The van der Waals surface area contributed by atoms with Gasteiger partial charge in [0.1, 0.15) is 5.82 Å². The number of likely N-dealkylation sites (tertiary alicyclic amines) is 1. The van der Waals surface area contributed by atoms with Crippen molar-refractivity contribution in [3.05, 3.63) is 23.4 Å². The summed E-state index contributed by atoms with van der Waals surface area (Å²) < 4.78 is 0. The maximum atomic E-state index is 5.89. The van der Waals surface area contributed by atoms with E-state index in [1.165, 1.54) is 25.9 Å². The number of hydrogen-bond donors (Lipinski definition) is 0. The summed E-state index contributed by atoms with van der Waals surface area (Å²) in [6.07, 6.45) is 4.30. The van der Waals surface area contributed by atoms with Gasteiger partial charge in [0, 0.05) is 25.3 Å². The van der Waals surface area contributed by atoms with Crippen molar-refractivity contribution >= 4 is 17.4 Å². The molecule has 2 atom stereocenters. The molecule has 2 saturated heterocycles. The molecule has 0 aromatic carbocycles. The first-order valence-corrected chi connectivity index (χ1v) is 6.68. The molecule has 2 aliphatic heterocycles. The summed E-state index contributed by atoms with van der Waals surface area (Å²) in [6.45, 7) is 3.57. The Hall–Kier alpha value is -0.800. The second-order valence-electron chi connectivity index (χ2n) is 5.20. The molecule has 0 spiro atoms. The maximum absolute atomic E-state index is 5.89. The second kappa shape index (κ2) is 4.46. The standard InChI is InChI=1S/C13H18ClN3/c1-16-6-5-12-10(9-16)4-7-17(12)13-3-2-11(14)8-15-13/h2-3,8,10,12H,4-7,9H2,1H3/t10-,12?/m1/s1. The van der Waals surface area contributed by atoms with Gasteiger partial charge in [0.15, 0.2) is 0 Å². The van der Waals surface area contributed by atoms with Gasteiger partial charge in [-0.1, -0.05) is 11.6 Å². The molecule has 0 N–H and O–H groups in total. The van der Waals surface area contributed by atoms with Crippen molar-refractivity contribution in [2.24, 2.45) is 5.92 Å². The normalized spacial score (nSPS) is 29.4. The Morgan fingerprint density at radius 3 is 2.94 bits per heavy atom. The van der Waals surface area contributed by atoms with E-state index in [1.807, 2.05) is 12.1 Å². The fraction of sp³-hybridized carbons (Fsp3) is 0.615. The van der Waals surface area contributed by atoms with E-state index in [9.17, 15) is 0 Å². The van der Waals surface area contributed by atoms with Gasteiger partial charge in [-0.05, 0) is 44.5 Å². The van der Waals surface area contributed by atoms with E-state index in [4.69, 9.17) is 11.6 Å². The van der Waals surface area contributed by atoms with Crippen molar-refractivity contribution in [2.75, 3.05) is 31.6 Å². The lowest BCUT2D eigenvalue weighted by Crippen LogP contribution is -2.44. The quantitative estimate of drug-likeness (QED) is 0.763. The van der Waals surface area contributed by atoms with Crippen molar-refractivity contribution in [1.82, 2.24) is 9.88 Å². The molecular formula is C13H18ClN3. The Balaban J connectivity index is 1.79. The van der Waals surface area contributed by atoms with Crippen LogP contribution in [0.25, 0.3) is 0 Å². The maximum Gasteiger partial charge on any atom is 0.128 e. The summed E-state index contributed by atoms with van der Waals surface area (Å²) >= 11 is 5.89. The van der Waals surface area contributed by atoms with Gasteiger partial charge in [0.05, 0.1) is 5.02 Å². The zero-order valence-corrected chi connectivity index (χ0v) is 10.9. The molecule has 0 amide bonds. The highest BCUT2D eigenvalue weighted by Crippen LogP contribution is 2.33. The molecule has 3 rings (SSSR count). The predicted octanol–water partition coefficient (Wildman–Crippen LogP) is 2.27. The molecule has 1 unspecified atom stereocenters. The molecule has 3 nitrogen and oxygen atoms in total. The number of fused-ring (bicyclic) bond motifs is 1. The van der Waals surface area contributed by atoms with Crippen LogP contribution in [0.1, 0.15) is 12.8 Å². The molecule has 0 saturated carbocycles. The molecule has 0 bridgehead atoms. The third-order valence-electron chi connectivity index (χ3n) is 4.04. The van der Waals surface area contributed by atoms with Gasteiger partial charge in [-0.3, -0.25) is 0 Å². The molecule has 0 aliphatic carbocycles. The van der Waals surface area contributed by atoms with Crippen LogP contribution in [0, 0.1) is 5.92 Å². The van der Waals surface area contributed by atoms with Gasteiger partial charge >= 0.3 is 0 Å². The minimum absolute atomic E-state index is 0.680. The van der Waals surface area contributed by atoms with Gasteiger partial charge in [-0.15, -0.1) is 0 Å². The van der Waals surface area contributed by atoms with E-state index in [2.05, 4.69) is 21.8 Å². The first-order chi connectivity index (χ1) is 8.24. The average molecular weight is 252 g/mol. The van der Waals surface area contributed by atoms with Crippen molar-refractivity contribution < 1.29 is 0 Å². The van der Waals surface area contributed by atoms with Gasteiger partial charge < -0.3 is 9.80 Å². The molecule has 1 aromatic heterocycles. The largest absolute Gasteiger partial charge is 0.353 e. The third-order valence-corrected chi connectivity index (χ3v) is 4.27. The van der Waals surface area contributed by atoms with E-state index in [0.717, 1.165) is 18.3 Å². The Morgan fingerprint density at radius 1 is 1.29 bits per heavy atom. The molecule has 3 heterocycles. The fourth-order valence-electron chi connectivity index (χ4n) is 3.19. The van der Waals surface area contributed by atoms with E-state index in [1.54, 1.807) is 6.20 Å². The first-order valence-electron chi connectivity index (χ1n) is 6.31. The average Bonchev–Trinajstić information content (AvgIpc) is 2.73. The highest BCUT2D eigenvalue weighted by atomic mass is 35.5. The van der Waals surface area contributed by atoms with E-state index >= 15 is 0 Å². The Labute approximate surface area is 107 Å². The molecule has 2 fully saturated rings. The molecule has 92 valence electrons. The molecule has 0 radical (unpaired) electrons. The summed E-state index contributed by atoms with van der Waals surface area (Å²) in [5, 5.41) is 0.716. The molecule has 2 aliphatic rings. The summed E-state index contributed by atoms with van der Waals surface area (Å²) in [6, 6.07) is 4.66. The van der Waals surface area contributed by atoms with Crippen LogP contribution < -0.4 is 4.90 Å². The fourth-order valence-corrected chi connectivity index (χ4v) is 3.30. The van der Waals surface area contributed by atoms with E-state index in [0.29, 0.717) is 11.1 Å². The van der Waals surface area contributed by atoms with E-state index in [-0.39, 0.29) is 0 Å². The molecule has 4 heteroatoms. The van der Waals surface area contributed by atoms with Crippen LogP contribution in [-0.4, -0.2) is 42.6 Å². The number of piperidine rings is 1. The summed E-state index contributed by atoms with van der Waals surface area (Å²) in [5.41, 5.74) is 0. The van der Waals surface area contributed by atoms with E-state index < -0.39 is 0 Å². The Kier molecular flexibility index (Phi) is 2.97. The lowest BCUT2D eigenvalue weighted by molar-refractivity contribution is 0.202. The second-order valence-corrected chi connectivity index (χ2v) is 5.63. The predicted molar refractivity (Wildman–Crippen MR) is 70.6 cm³/mol. The summed E-state index contributed by atoms with van der Waals surface area (Å²) in [7, 11) is 2.22. The summed E-state index contributed by atoms with van der Waals surface area (Å²) in [4.78, 5) is 9.36. The lowest BCUT2D eigenvalue weighted by Gasteiger charge is -2.36. The highest BCUT2D eigenvalue weighted by Gasteiger charge is 2.37. The van der Waals surface area contributed by atoms with Gasteiger partial charge in [-0.25, -0.2) is 4.98 Å². The zero-order valence-electron chi connectivity index (χ0n) is 10.1. The van der Waals surface area contributed by atoms with Gasteiger partial charge in [-0.2, -0.15) is 0 Å². The van der Waals surface area contributed by atoms with Crippen LogP contribution in [0.15, 0.2) is 18.3 Å². The number of nitrogens with zero attached hydrogens (tertiary/aromatic N) is 3. The number of anilines is 1. The monoisotopic (exact) mass is 251 g/mol. The highest BCUT2D eigenvalue weighted by molar-refractivity contribution is 6.30. The van der Waals surface area contributed by atoms with Gasteiger partial charge in [0.2, 0.25) is 0 Å². The number of rotatable bonds is 1. The SMILES string of the molecule is CN1CCC2[C@H](CCN2c2ccc(Cl)cn2)C1. The Bertz CT molecular complexity index is 392. The van der Waals surface area contributed by atoms with Crippen LogP contribution >= 0.6 is 11.6 Å². The van der Waals surface area contributed by atoms with Crippen molar-refractivity contribution in [1.29, 1.82) is 0 Å². The van der Waals surface area contributed by atoms with Crippen LogP contribution in [0.4, 0.5) is 5.82 Å². The van der Waals surface area contributed by atoms with Crippen LogP contribution in [-0.2, 0) is 0 Å². The number of hydrogen-bond acceptors (Lipinski definition) is 3. The van der Waals surface area contributed by atoms with Crippen LogP contribution in [0.2, 0.25) is 5.02 Å². The third kappa shape index (κ3) is 2.14. The number of pyridine rings is 1. The smallest absolute Gasteiger partial charge is 0.128 e. The van der Waals surface area contributed by atoms with Gasteiger partial charge in [0.25, 0.3) is 0 Å². The zero-order chi connectivity index (χ0) is 11.8. The number of halogens is 1.